The van der Waals surface area contributed by atoms with Gasteiger partial charge in [0.2, 0.25) is 5.91 Å². The molecule has 0 spiro atoms. The average Bonchev–Trinajstić information content (AvgIpc) is 2.71. The van der Waals surface area contributed by atoms with Crippen LogP contribution in [0.15, 0.2) is 18.2 Å². The lowest BCUT2D eigenvalue weighted by Crippen LogP contribution is -2.23. The Morgan fingerprint density at radius 1 is 1.42 bits per heavy atom. The second-order valence-corrected chi connectivity index (χ2v) is 5.30. The molecule has 7 heteroatoms. The molecule has 1 aliphatic heterocycles. The molecular formula is C12H9F2N3OS. The van der Waals surface area contributed by atoms with E-state index in [0.717, 1.165) is 18.2 Å². The van der Waals surface area contributed by atoms with Crippen LogP contribution >= 0.6 is 11.3 Å². The Morgan fingerprint density at radius 3 is 3.00 bits per heavy atom. The number of benzene rings is 1. The van der Waals surface area contributed by atoms with Crippen molar-refractivity contribution in [1.29, 1.82) is 0 Å². The highest BCUT2D eigenvalue weighted by Gasteiger charge is 2.31. The summed E-state index contributed by atoms with van der Waals surface area (Å²) in [7, 11) is 0. The molecule has 1 aromatic heterocycles. The van der Waals surface area contributed by atoms with Gasteiger partial charge in [0.15, 0.2) is 5.13 Å². The number of hydrogen-bond donors (Lipinski definition) is 2. The van der Waals surface area contributed by atoms with Crippen LogP contribution in [-0.2, 0) is 4.79 Å². The molecule has 1 atom stereocenters. The zero-order valence-electron chi connectivity index (χ0n) is 9.61. The van der Waals surface area contributed by atoms with Crippen LogP contribution in [0.5, 0.6) is 0 Å². The molecule has 3 N–H and O–H groups in total. The Balaban J connectivity index is 2.14. The van der Waals surface area contributed by atoms with Gasteiger partial charge >= 0.3 is 0 Å². The number of halogens is 2. The third kappa shape index (κ3) is 2.06. The van der Waals surface area contributed by atoms with Crippen LogP contribution in [0.2, 0.25) is 0 Å². The zero-order valence-corrected chi connectivity index (χ0v) is 10.4. The van der Waals surface area contributed by atoms with Gasteiger partial charge in [-0.15, -0.1) is 0 Å². The Kier molecular flexibility index (Phi) is 2.70. The second kappa shape index (κ2) is 4.27. The van der Waals surface area contributed by atoms with Gasteiger partial charge in [-0.1, -0.05) is 11.3 Å². The van der Waals surface area contributed by atoms with E-state index in [0.29, 0.717) is 10.7 Å². The lowest BCUT2D eigenvalue weighted by Gasteiger charge is -2.21. The SMILES string of the molecule is Nc1nc2c(s1)[C@@H](c1cc(F)ccc1F)CC(=O)N2. The minimum atomic E-state index is -0.547. The number of hydrogen-bond acceptors (Lipinski definition) is 4. The molecule has 19 heavy (non-hydrogen) atoms. The van der Waals surface area contributed by atoms with E-state index in [1.807, 2.05) is 0 Å². The van der Waals surface area contributed by atoms with Gasteiger partial charge < -0.3 is 11.1 Å². The van der Waals surface area contributed by atoms with Gasteiger partial charge in [0, 0.05) is 12.3 Å². The summed E-state index contributed by atoms with van der Waals surface area (Å²) in [6, 6.07) is 3.21. The summed E-state index contributed by atoms with van der Waals surface area (Å²) >= 11 is 1.17. The number of amides is 1. The molecule has 1 amide bonds. The topological polar surface area (TPSA) is 68.0 Å². The Hall–Kier alpha value is -2.02. The first-order valence-corrected chi connectivity index (χ1v) is 6.37. The average molecular weight is 281 g/mol. The van der Waals surface area contributed by atoms with Crippen molar-refractivity contribution in [2.24, 2.45) is 0 Å². The highest BCUT2D eigenvalue weighted by atomic mass is 32.1. The van der Waals surface area contributed by atoms with Crippen LogP contribution < -0.4 is 11.1 Å². The van der Waals surface area contributed by atoms with Gasteiger partial charge in [0.1, 0.15) is 17.5 Å². The fraction of sp³-hybridized carbons (Fsp3) is 0.167. The summed E-state index contributed by atoms with van der Waals surface area (Å²) in [4.78, 5) is 16.2. The minimum Gasteiger partial charge on any atom is -0.375 e. The van der Waals surface area contributed by atoms with E-state index in [-0.39, 0.29) is 23.0 Å². The van der Waals surface area contributed by atoms with Crippen LogP contribution in [-0.4, -0.2) is 10.9 Å². The molecule has 4 nitrogen and oxygen atoms in total. The van der Waals surface area contributed by atoms with E-state index in [1.54, 1.807) is 0 Å². The lowest BCUT2D eigenvalue weighted by molar-refractivity contribution is -0.116. The van der Waals surface area contributed by atoms with Crippen LogP contribution in [0.1, 0.15) is 22.8 Å². The number of nitrogens with one attached hydrogen (secondary N) is 1. The van der Waals surface area contributed by atoms with Crippen molar-refractivity contribution >= 4 is 28.2 Å². The Morgan fingerprint density at radius 2 is 2.21 bits per heavy atom. The van der Waals surface area contributed by atoms with E-state index in [1.165, 1.54) is 11.3 Å². The predicted octanol–water partition coefficient (Wildman–Crippen LogP) is 2.48. The van der Waals surface area contributed by atoms with Crippen molar-refractivity contribution in [3.63, 3.8) is 0 Å². The normalized spacial score (nSPS) is 18.0. The van der Waals surface area contributed by atoms with Crippen molar-refractivity contribution in [2.45, 2.75) is 12.3 Å². The highest BCUT2D eigenvalue weighted by molar-refractivity contribution is 7.16. The molecule has 0 bridgehead atoms. The van der Waals surface area contributed by atoms with E-state index < -0.39 is 17.6 Å². The van der Waals surface area contributed by atoms with Gasteiger partial charge in [0.05, 0.1) is 4.88 Å². The molecule has 0 aliphatic carbocycles. The van der Waals surface area contributed by atoms with Gasteiger partial charge in [0.25, 0.3) is 0 Å². The molecule has 1 aromatic carbocycles. The van der Waals surface area contributed by atoms with Crippen molar-refractivity contribution in [3.8, 4) is 0 Å². The van der Waals surface area contributed by atoms with Crippen molar-refractivity contribution in [3.05, 3.63) is 40.3 Å². The number of rotatable bonds is 1. The number of thiazole rings is 1. The number of carbonyl (C=O) groups excluding carboxylic acids is 1. The first-order chi connectivity index (χ1) is 9.04. The van der Waals surface area contributed by atoms with Gasteiger partial charge in [-0.3, -0.25) is 4.79 Å². The fourth-order valence-electron chi connectivity index (χ4n) is 2.17. The lowest BCUT2D eigenvalue weighted by atomic mass is 9.91. The number of nitrogens with zero attached hydrogens (tertiary/aromatic N) is 1. The molecule has 0 radical (unpaired) electrons. The van der Waals surface area contributed by atoms with E-state index >= 15 is 0 Å². The Bertz CT molecular complexity index is 671. The third-order valence-electron chi connectivity index (χ3n) is 2.97. The predicted molar refractivity (Wildman–Crippen MR) is 68.0 cm³/mol. The molecule has 2 aromatic rings. The maximum atomic E-state index is 13.8. The fourth-order valence-corrected chi connectivity index (χ4v) is 3.08. The van der Waals surface area contributed by atoms with E-state index in [2.05, 4.69) is 10.3 Å². The zero-order chi connectivity index (χ0) is 13.6. The molecule has 2 heterocycles. The number of aromatic nitrogens is 1. The summed E-state index contributed by atoms with van der Waals surface area (Å²) in [5.74, 6) is -1.58. The second-order valence-electron chi connectivity index (χ2n) is 4.24. The smallest absolute Gasteiger partial charge is 0.226 e. The maximum absolute atomic E-state index is 13.8. The molecular weight excluding hydrogens is 272 g/mol. The van der Waals surface area contributed by atoms with Crippen LogP contribution in [0.25, 0.3) is 0 Å². The molecule has 3 rings (SSSR count). The van der Waals surface area contributed by atoms with Gasteiger partial charge in [-0.05, 0) is 23.8 Å². The number of nitrogen functional groups attached to an aromatic ring is 1. The van der Waals surface area contributed by atoms with Crippen molar-refractivity contribution in [1.82, 2.24) is 4.98 Å². The first kappa shape index (κ1) is 12.0. The summed E-state index contributed by atoms with van der Waals surface area (Å²) in [5, 5.41) is 2.86. The number of nitrogens with two attached hydrogens (primary N) is 1. The molecule has 1 aliphatic rings. The minimum absolute atomic E-state index is 0.0506. The Labute approximate surface area is 111 Å². The number of carbonyl (C=O) groups is 1. The van der Waals surface area contributed by atoms with Crippen LogP contribution in [0.4, 0.5) is 19.7 Å². The third-order valence-corrected chi connectivity index (χ3v) is 3.97. The van der Waals surface area contributed by atoms with Crippen LogP contribution in [0, 0.1) is 11.6 Å². The summed E-state index contributed by atoms with van der Waals surface area (Å²) < 4.78 is 27.1. The summed E-state index contributed by atoms with van der Waals surface area (Å²) in [6.07, 6.45) is 0.0506. The molecule has 0 fully saturated rings. The number of fused-ring (bicyclic) bond motifs is 1. The van der Waals surface area contributed by atoms with E-state index in [4.69, 9.17) is 5.73 Å². The largest absolute Gasteiger partial charge is 0.375 e. The van der Waals surface area contributed by atoms with Gasteiger partial charge in [-0.25, -0.2) is 13.8 Å². The highest BCUT2D eigenvalue weighted by Crippen LogP contribution is 2.42. The molecule has 0 unspecified atom stereocenters. The van der Waals surface area contributed by atoms with Gasteiger partial charge in [-0.2, -0.15) is 0 Å². The van der Waals surface area contributed by atoms with Crippen molar-refractivity contribution in [2.75, 3.05) is 11.1 Å². The standard InChI is InChI=1S/C12H9F2N3OS/c13-5-1-2-8(14)6(3-5)7-4-9(18)16-11-10(7)19-12(15)17-11/h1-3,7H,4H2,(H2,15,17)(H,16,18)/t7-/m1/s1. The molecule has 98 valence electrons. The monoisotopic (exact) mass is 281 g/mol. The van der Waals surface area contributed by atoms with Crippen LogP contribution in [0.3, 0.4) is 0 Å². The van der Waals surface area contributed by atoms with E-state index in [9.17, 15) is 13.6 Å². The first-order valence-electron chi connectivity index (χ1n) is 5.55. The van der Waals surface area contributed by atoms with Crippen molar-refractivity contribution < 1.29 is 13.6 Å². The quantitative estimate of drug-likeness (QED) is 0.843. The molecule has 0 saturated carbocycles. The summed E-state index contributed by atoms with van der Waals surface area (Å²) in [5.41, 5.74) is 5.75. The molecule has 0 saturated heterocycles. The number of anilines is 2. The summed E-state index contributed by atoms with van der Waals surface area (Å²) in [6.45, 7) is 0. The maximum Gasteiger partial charge on any atom is 0.226 e.